The third kappa shape index (κ3) is 2.60. The van der Waals surface area contributed by atoms with Gasteiger partial charge in [0.25, 0.3) is 5.91 Å². The number of benzene rings is 2. The summed E-state index contributed by atoms with van der Waals surface area (Å²) < 4.78 is 33.5. The van der Waals surface area contributed by atoms with Crippen molar-refractivity contribution in [2.45, 2.75) is 25.3 Å². The van der Waals surface area contributed by atoms with E-state index in [9.17, 15) is 13.6 Å². The predicted molar refractivity (Wildman–Crippen MR) is 96.0 cm³/mol. The second-order valence-corrected chi connectivity index (χ2v) is 6.68. The Morgan fingerprint density at radius 1 is 1.08 bits per heavy atom. The number of rotatable bonds is 2. The molecule has 0 N–H and O–H groups in total. The minimum atomic E-state index is -0.781. The summed E-state index contributed by atoms with van der Waals surface area (Å²) in [7, 11) is 1.24. The average Bonchev–Trinajstić information content (AvgIpc) is 2.68. The minimum absolute atomic E-state index is 0.185. The van der Waals surface area contributed by atoms with Gasteiger partial charge in [0.05, 0.1) is 18.5 Å². The van der Waals surface area contributed by atoms with Crippen LogP contribution in [0.4, 0.5) is 20.2 Å². The summed E-state index contributed by atoms with van der Waals surface area (Å²) in [5, 5.41) is 0. The number of hydrogen-bond donors (Lipinski definition) is 0. The van der Waals surface area contributed by atoms with Gasteiger partial charge >= 0.3 is 0 Å². The van der Waals surface area contributed by atoms with Gasteiger partial charge in [0.1, 0.15) is 11.4 Å². The fraction of sp³-hybridized carbons (Fsp3) is 0.350. The van der Waals surface area contributed by atoms with Crippen molar-refractivity contribution in [2.24, 2.45) is 0 Å². The van der Waals surface area contributed by atoms with Crippen LogP contribution in [-0.2, 0) is 0 Å². The Balaban J connectivity index is 1.81. The van der Waals surface area contributed by atoms with Crippen LogP contribution in [0.3, 0.4) is 0 Å². The van der Waals surface area contributed by atoms with Crippen LogP contribution < -0.4 is 14.5 Å². The molecule has 2 aliphatic heterocycles. The first kappa shape index (κ1) is 16.8. The number of halogens is 2. The van der Waals surface area contributed by atoms with E-state index in [1.54, 1.807) is 4.90 Å². The molecular weight excluding hydrogens is 338 g/mol. The molecule has 0 aliphatic carbocycles. The Labute approximate surface area is 151 Å². The van der Waals surface area contributed by atoms with E-state index in [4.69, 9.17) is 4.74 Å². The second kappa shape index (κ2) is 6.59. The van der Waals surface area contributed by atoms with E-state index in [-0.39, 0.29) is 17.4 Å². The topological polar surface area (TPSA) is 32.8 Å². The summed E-state index contributed by atoms with van der Waals surface area (Å²) in [5.41, 5.74) is 1.33. The predicted octanol–water partition coefficient (Wildman–Crippen LogP) is 3.99. The number of carbonyl (C=O) groups excluding carboxylic acids is 1. The normalized spacial score (nSPS) is 19.0. The lowest BCUT2D eigenvalue weighted by Crippen LogP contribution is -2.53. The molecule has 1 unspecified atom stereocenters. The van der Waals surface area contributed by atoms with Crippen LogP contribution in [-0.4, -0.2) is 32.1 Å². The number of hydrogen-bond acceptors (Lipinski definition) is 3. The highest BCUT2D eigenvalue weighted by atomic mass is 19.1. The number of piperidine rings is 1. The average molecular weight is 358 g/mol. The van der Waals surface area contributed by atoms with Crippen molar-refractivity contribution in [1.29, 1.82) is 0 Å². The van der Waals surface area contributed by atoms with Crippen molar-refractivity contribution in [3.8, 4) is 5.75 Å². The maximum Gasteiger partial charge on any atom is 0.265 e. The molecule has 0 aromatic heterocycles. The van der Waals surface area contributed by atoms with Gasteiger partial charge in [0.2, 0.25) is 0 Å². The lowest BCUT2D eigenvalue weighted by atomic mass is 9.96. The summed E-state index contributed by atoms with van der Waals surface area (Å²) in [5.74, 6) is -2.45. The number of nitrogens with zero attached hydrogens (tertiary/aromatic N) is 2. The van der Waals surface area contributed by atoms with E-state index >= 15 is 0 Å². The van der Waals surface area contributed by atoms with E-state index in [2.05, 4.69) is 4.90 Å². The summed E-state index contributed by atoms with van der Waals surface area (Å²) in [6.45, 7) is 1.40. The third-order valence-corrected chi connectivity index (χ3v) is 5.22. The lowest BCUT2D eigenvalue weighted by molar-refractivity contribution is 0.0974. The maximum atomic E-state index is 14.4. The van der Waals surface area contributed by atoms with E-state index in [1.165, 1.54) is 7.11 Å². The number of anilines is 2. The van der Waals surface area contributed by atoms with Crippen molar-refractivity contribution >= 4 is 17.3 Å². The summed E-state index contributed by atoms with van der Waals surface area (Å²) in [4.78, 5) is 17.1. The Kier molecular flexibility index (Phi) is 4.26. The van der Waals surface area contributed by atoms with Gasteiger partial charge in [0, 0.05) is 19.1 Å². The van der Waals surface area contributed by atoms with Crippen LogP contribution in [0.15, 0.2) is 36.4 Å². The van der Waals surface area contributed by atoms with Crippen LogP contribution in [0.25, 0.3) is 0 Å². The van der Waals surface area contributed by atoms with Gasteiger partial charge in [-0.25, -0.2) is 8.78 Å². The smallest absolute Gasteiger partial charge is 0.265 e. The zero-order chi connectivity index (χ0) is 18.3. The molecule has 6 heteroatoms. The van der Waals surface area contributed by atoms with Gasteiger partial charge in [0.15, 0.2) is 11.6 Å². The molecule has 4 nitrogen and oxygen atoms in total. The second-order valence-electron chi connectivity index (χ2n) is 6.68. The van der Waals surface area contributed by atoms with Crippen LogP contribution in [0.2, 0.25) is 0 Å². The molecular formula is C20H20F2N2O2. The Hall–Kier alpha value is -2.63. The SMILES string of the molecule is COc1c(F)ccc(F)c1C(=O)N1CC2CCCCN2c2ccccc21. The van der Waals surface area contributed by atoms with Crippen LogP contribution in [0.5, 0.6) is 5.75 Å². The molecule has 2 aliphatic rings. The van der Waals surface area contributed by atoms with Crippen molar-refractivity contribution in [3.05, 3.63) is 53.6 Å². The summed E-state index contributed by atoms with van der Waals surface area (Å²) in [6.07, 6.45) is 3.19. The minimum Gasteiger partial charge on any atom is -0.493 e. The Bertz CT molecular complexity index is 856. The van der Waals surface area contributed by atoms with Gasteiger partial charge < -0.3 is 14.5 Å². The maximum absolute atomic E-state index is 14.4. The largest absolute Gasteiger partial charge is 0.493 e. The van der Waals surface area contributed by atoms with Crippen LogP contribution >= 0.6 is 0 Å². The van der Waals surface area contributed by atoms with E-state index in [0.29, 0.717) is 6.54 Å². The quantitative estimate of drug-likeness (QED) is 0.814. The van der Waals surface area contributed by atoms with Crippen molar-refractivity contribution in [3.63, 3.8) is 0 Å². The molecule has 1 amide bonds. The number of ether oxygens (including phenoxy) is 1. The molecule has 0 saturated carbocycles. The highest BCUT2D eigenvalue weighted by Gasteiger charge is 2.37. The van der Waals surface area contributed by atoms with Gasteiger partial charge in [-0.2, -0.15) is 0 Å². The van der Waals surface area contributed by atoms with Gasteiger partial charge in [-0.1, -0.05) is 12.1 Å². The van der Waals surface area contributed by atoms with Gasteiger partial charge in [-0.3, -0.25) is 4.79 Å². The molecule has 0 spiro atoms. The molecule has 26 heavy (non-hydrogen) atoms. The molecule has 2 aromatic carbocycles. The lowest BCUT2D eigenvalue weighted by Gasteiger charge is -2.46. The summed E-state index contributed by atoms with van der Waals surface area (Å²) in [6, 6.07) is 9.73. The fourth-order valence-electron chi connectivity index (χ4n) is 4.01. The van der Waals surface area contributed by atoms with Crippen LogP contribution in [0, 0.1) is 11.6 Å². The molecule has 1 fully saturated rings. The number of fused-ring (bicyclic) bond motifs is 3. The molecule has 4 rings (SSSR count). The monoisotopic (exact) mass is 358 g/mol. The molecule has 1 saturated heterocycles. The molecule has 1 atom stereocenters. The highest BCUT2D eigenvalue weighted by Crippen LogP contribution is 2.40. The molecule has 2 aromatic rings. The number of methoxy groups -OCH3 is 1. The zero-order valence-electron chi connectivity index (χ0n) is 14.5. The first-order valence-corrected chi connectivity index (χ1v) is 8.81. The van der Waals surface area contributed by atoms with E-state index < -0.39 is 17.5 Å². The summed E-state index contributed by atoms with van der Waals surface area (Å²) >= 11 is 0. The standard InChI is InChI=1S/C20H20F2N2O2/c1-26-19-15(22)10-9-14(21)18(19)20(25)24-12-13-6-4-5-11-23(13)16-7-2-3-8-17(16)24/h2-3,7-10,13H,4-6,11-12H2,1H3. The zero-order valence-corrected chi connectivity index (χ0v) is 14.5. The number of amides is 1. The van der Waals surface area contributed by atoms with Crippen molar-refractivity contribution in [1.82, 2.24) is 0 Å². The van der Waals surface area contributed by atoms with E-state index in [0.717, 1.165) is 49.3 Å². The van der Waals surface area contributed by atoms with Gasteiger partial charge in [-0.05, 0) is 43.5 Å². The van der Waals surface area contributed by atoms with Gasteiger partial charge in [-0.15, -0.1) is 0 Å². The first-order chi connectivity index (χ1) is 12.6. The van der Waals surface area contributed by atoms with Crippen molar-refractivity contribution < 1.29 is 18.3 Å². The fourth-order valence-corrected chi connectivity index (χ4v) is 4.01. The van der Waals surface area contributed by atoms with Crippen molar-refractivity contribution in [2.75, 3.05) is 30.0 Å². The third-order valence-electron chi connectivity index (χ3n) is 5.22. The van der Waals surface area contributed by atoms with E-state index in [1.807, 2.05) is 24.3 Å². The first-order valence-electron chi connectivity index (χ1n) is 8.81. The number of para-hydroxylation sites is 2. The Morgan fingerprint density at radius 2 is 1.81 bits per heavy atom. The van der Waals surface area contributed by atoms with Crippen LogP contribution in [0.1, 0.15) is 29.6 Å². The molecule has 0 radical (unpaired) electrons. The highest BCUT2D eigenvalue weighted by molar-refractivity contribution is 6.10. The molecule has 0 bridgehead atoms. The molecule has 2 heterocycles. The Morgan fingerprint density at radius 3 is 2.58 bits per heavy atom. The molecule has 136 valence electrons. The number of carbonyl (C=O) groups is 1.